The molecule has 0 amide bonds. The highest BCUT2D eigenvalue weighted by Crippen LogP contribution is 2.65. The summed E-state index contributed by atoms with van der Waals surface area (Å²) in [6.07, 6.45) is 14.5. The number of aliphatic hydroxyl groups is 1. The van der Waals surface area contributed by atoms with Gasteiger partial charge in [-0.3, -0.25) is 4.79 Å². The van der Waals surface area contributed by atoms with E-state index in [1.807, 2.05) is 6.08 Å². The summed E-state index contributed by atoms with van der Waals surface area (Å²) in [4.78, 5) is 11.9. The van der Waals surface area contributed by atoms with E-state index < -0.39 is 0 Å². The average molecular weight is 314 g/mol. The number of carbonyl (C=O) groups excluding carboxylic acids is 1. The van der Waals surface area contributed by atoms with E-state index in [0.717, 1.165) is 37.5 Å². The molecule has 2 heteroatoms. The second-order valence-corrected chi connectivity index (χ2v) is 8.94. The van der Waals surface area contributed by atoms with E-state index in [2.05, 4.69) is 26.0 Å². The van der Waals surface area contributed by atoms with Crippen LogP contribution in [0.3, 0.4) is 0 Å². The first-order chi connectivity index (χ1) is 11.0. The number of ketones is 1. The Kier molecular flexibility index (Phi) is 3.61. The molecule has 0 aromatic heterocycles. The Morgan fingerprint density at radius 3 is 2.78 bits per heavy atom. The van der Waals surface area contributed by atoms with Crippen molar-refractivity contribution in [3.63, 3.8) is 0 Å². The summed E-state index contributed by atoms with van der Waals surface area (Å²) < 4.78 is 0. The molecule has 0 aromatic carbocycles. The Hall–Kier alpha value is -0.890. The van der Waals surface area contributed by atoms with Crippen molar-refractivity contribution in [1.29, 1.82) is 0 Å². The molecule has 2 saturated carbocycles. The van der Waals surface area contributed by atoms with Gasteiger partial charge in [0.1, 0.15) is 0 Å². The van der Waals surface area contributed by atoms with Gasteiger partial charge in [0.25, 0.3) is 0 Å². The summed E-state index contributed by atoms with van der Waals surface area (Å²) in [6.45, 7) is 5.21. The fourth-order valence-corrected chi connectivity index (χ4v) is 6.67. The van der Waals surface area contributed by atoms with Crippen LogP contribution < -0.4 is 0 Å². The van der Waals surface area contributed by atoms with Gasteiger partial charge in [-0.25, -0.2) is 0 Å². The number of hydrogen-bond acceptors (Lipinski definition) is 2. The topological polar surface area (TPSA) is 37.3 Å². The van der Waals surface area contributed by atoms with E-state index in [1.165, 1.54) is 24.8 Å². The molecule has 4 aliphatic rings. The standard InChI is InChI=1S/C21H30O2/c1-20-11-8-19-17(18(20)6-4-14(20)9-12-22)5-3-15-13-16(23)7-10-21(15,19)2/h4,6,13-14,17-19,22H,3,5,7-12H2,1-2H3/t14-,17+,18+,19+,20-,21+/m1/s1. The molecule has 0 radical (unpaired) electrons. The van der Waals surface area contributed by atoms with Crippen LogP contribution in [0, 0.1) is 34.5 Å². The average Bonchev–Trinajstić information content (AvgIpc) is 2.85. The lowest BCUT2D eigenvalue weighted by molar-refractivity contribution is -0.117. The minimum Gasteiger partial charge on any atom is -0.396 e. The molecule has 0 saturated heterocycles. The van der Waals surface area contributed by atoms with E-state index in [-0.39, 0.29) is 5.41 Å². The van der Waals surface area contributed by atoms with Crippen LogP contribution in [-0.2, 0) is 4.79 Å². The van der Waals surface area contributed by atoms with Crippen LogP contribution in [0.4, 0.5) is 0 Å². The molecule has 126 valence electrons. The second-order valence-electron chi connectivity index (χ2n) is 8.94. The summed E-state index contributed by atoms with van der Waals surface area (Å²) in [5.41, 5.74) is 2.07. The lowest BCUT2D eigenvalue weighted by Crippen LogP contribution is -2.50. The maximum atomic E-state index is 11.9. The first-order valence-corrected chi connectivity index (χ1v) is 9.52. The monoisotopic (exact) mass is 314 g/mol. The Morgan fingerprint density at radius 2 is 2.00 bits per heavy atom. The molecule has 0 unspecified atom stereocenters. The van der Waals surface area contributed by atoms with Crippen LogP contribution in [0.1, 0.15) is 58.8 Å². The summed E-state index contributed by atoms with van der Waals surface area (Å²) >= 11 is 0. The predicted octanol–water partition coefficient (Wildman–Crippen LogP) is 4.29. The van der Waals surface area contributed by atoms with Gasteiger partial charge in [0.15, 0.2) is 5.78 Å². The maximum Gasteiger partial charge on any atom is 0.155 e. The number of rotatable bonds is 2. The highest BCUT2D eigenvalue weighted by molar-refractivity contribution is 5.91. The van der Waals surface area contributed by atoms with Crippen molar-refractivity contribution in [1.82, 2.24) is 0 Å². The van der Waals surface area contributed by atoms with Crippen molar-refractivity contribution < 1.29 is 9.90 Å². The summed E-state index contributed by atoms with van der Waals surface area (Å²) in [7, 11) is 0. The molecular weight excluding hydrogens is 284 g/mol. The summed E-state index contributed by atoms with van der Waals surface area (Å²) in [6, 6.07) is 0. The number of aliphatic hydroxyl groups excluding tert-OH is 1. The Bertz CT molecular complexity index is 574. The number of allylic oxidation sites excluding steroid dienone is 4. The highest BCUT2D eigenvalue weighted by atomic mass is 16.3. The van der Waals surface area contributed by atoms with Crippen molar-refractivity contribution in [2.24, 2.45) is 34.5 Å². The largest absolute Gasteiger partial charge is 0.396 e. The number of carbonyl (C=O) groups is 1. The lowest BCUT2D eigenvalue weighted by Gasteiger charge is -2.58. The third-order valence-corrected chi connectivity index (χ3v) is 8.10. The number of hydrogen-bond donors (Lipinski definition) is 1. The minimum atomic E-state index is 0.265. The SMILES string of the molecule is C[C@]12CC[C@H]3[C@@H](CCC4=CC(=O)CC[C@@]43C)[C@@H]1C=C[C@@H]2CCO. The highest BCUT2D eigenvalue weighted by Gasteiger charge is 2.57. The molecule has 1 N–H and O–H groups in total. The summed E-state index contributed by atoms with van der Waals surface area (Å²) in [5, 5.41) is 9.41. The quantitative estimate of drug-likeness (QED) is 0.772. The molecular formula is C21H30O2. The molecule has 0 aliphatic heterocycles. The van der Waals surface area contributed by atoms with Gasteiger partial charge in [0.2, 0.25) is 0 Å². The van der Waals surface area contributed by atoms with Gasteiger partial charge in [-0.1, -0.05) is 31.6 Å². The Labute approximate surface area is 140 Å². The third-order valence-electron chi connectivity index (χ3n) is 8.10. The van der Waals surface area contributed by atoms with Gasteiger partial charge in [-0.05, 0) is 79.1 Å². The van der Waals surface area contributed by atoms with Gasteiger partial charge < -0.3 is 5.11 Å². The molecule has 2 nitrogen and oxygen atoms in total. The fourth-order valence-electron chi connectivity index (χ4n) is 6.67. The van der Waals surface area contributed by atoms with Crippen LogP contribution >= 0.6 is 0 Å². The second kappa shape index (κ2) is 5.31. The molecule has 0 heterocycles. The minimum absolute atomic E-state index is 0.265. The molecule has 4 rings (SSSR count). The zero-order valence-electron chi connectivity index (χ0n) is 14.6. The van der Waals surface area contributed by atoms with E-state index in [9.17, 15) is 9.90 Å². The van der Waals surface area contributed by atoms with Crippen LogP contribution in [0.2, 0.25) is 0 Å². The van der Waals surface area contributed by atoms with Crippen LogP contribution in [0.25, 0.3) is 0 Å². The van der Waals surface area contributed by atoms with Crippen molar-refractivity contribution in [2.75, 3.05) is 6.61 Å². The fraction of sp³-hybridized carbons (Fsp3) is 0.762. The van der Waals surface area contributed by atoms with E-state index in [1.54, 1.807) is 0 Å². The van der Waals surface area contributed by atoms with Crippen molar-refractivity contribution >= 4 is 5.78 Å². The lowest BCUT2D eigenvalue weighted by atomic mass is 9.46. The molecule has 4 aliphatic carbocycles. The van der Waals surface area contributed by atoms with Gasteiger partial charge >= 0.3 is 0 Å². The molecule has 0 bridgehead atoms. The molecule has 2 fully saturated rings. The molecule has 0 aromatic rings. The van der Waals surface area contributed by atoms with Crippen molar-refractivity contribution in [2.45, 2.75) is 58.8 Å². The van der Waals surface area contributed by atoms with Crippen LogP contribution in [0.5, 0.6) is 0 Å². The Balaban J connectivity index is 1.64. The normalized spacial score (nSPS) is 48.5. The predicted molar refractivity (Wildman–Crippen MR) is 91.8 cm³/mol. The van der Waals surface area contributed by atoms with Gasteiger partial charge in [0.05, 0.1) is 0 Å². The smallest absolute Gasteiger partial charge is 0.155 e. The first-order valence-electron chi connectivity index (χ1n) is 9.52. The van der Waals surface area contributed by atoms with E-state index in [4.69, 9.17) is 0 Å². The third kappa shape index (κ3) is 2.13. The zero-order valence-corrected chi connectivity index (χ0v) is 14.6. The van der Waals surface area contributed by atoms with Gasteiger partial charge in [-0.2, -0.15) is 0 Å². The van der Waals surface area contributed by atoms with E-state index >= 15 is 0 Å². The van der Waals surface area contributed by atoms with Crippen LogP contribution in [0.15, 0.2) is 23.8 Å². The van der Waals surface area contributed by atoms with Crippen molar-refractivity contribution in [3.05, 3.63) is 23.8 Å². The van der Waals surface area contributed by atoms with Gasteiger partial charge in [0, 0.05) is 13.0 Å². The van der Waals surface area contributed by atoms with Crippen molar-refractivity contribution in [3.8, 4) is 0 Å². The maximum absolute atomic E-state index is 11.9. The van der Waals surface area contributed by atoms with E-state index in [0.29, 0.717) is 29.6 Å². The van der Waals surface area contributed by atoms with Gasteiger partial charge in [-0.15, -0.1) is 0 Å². The number of fused-ring (bicyclic) bond motifs is 5. The zero-order chi connectivity index (χ0) is 16.2. The molecule has 23 heavy (non-hydrogen) atoms. The molecule has 6 atom stereocenters. The molecule has 0 spiro atoms. The first kappa shape index (κ1) is 15.6. The van der Waals surface area contributed by atoms with Crippen LogP contribution in [-0.4, -0.2) is 17.5 Å². The summed E-state index contributed by atoms with van der Waals surface area (Å²) in [5.74, 6) is 3.08. The Morgan fingerprint density at radius 1 is 1.17 bits per heavy atom.